The molecule has 0 atom stereocenters. The minimum Gasteiger partial charge on any atom is -0.486 e. The zero-order valence-electron chi connectivity index (χ0n) is 16.3. The fourth-order valence-electron chi connectivity index (χ4n) is 2.57. The Morgan fingerprint density at radius 1 is 1.23 bits per heavy atom. The molecule has 0 N–H and O–H groups in total. The summed E-state index contributed by atoms with van der Waals surface area (Å²) in [5, 5.41) is 11.4. The number of hydrogen-bond acceptors (Lipinski definition) is 6. The molecular weight excluding hydrogens is 441 g/mol. The van der Waals surface area contributed by atoms with Gasteiger partial charge in [0.1, 0.15) is 23.9 Å². The average molecular weight is 459 g/mol. The first-order valence-corrected chi connectivity index (χ1v) is 10.2. The smallest absolute Gasteiger partial charge is 0.453 e. The number of furan rings is 1. The first-order valence-electron chi connectivity index (χ1n) is 8.87. The molecule has 0 bridgehead atoms. The van der Waals surface area contributed by atoms with Crippen molar-refractivity contribution >= 4 is 29.6 Å². The van der Waals surface area contributed by atoms with Crippen molar-refractivity contribution in [2.24, 2.45) is 5.10 Å². The van der Waals surface area contributed by atoms with E-state index in [0.29, 0.717) is 27.0 Å². The zero-order chi connectivity index (χ0) is 21.9. The van der Waals surface area contributed by atoms with Crippen molar-refractivity contribution < 1.29 is 22.3 Å². The lowest BCUT2D eigenvalue weighted by atomic mass is 10.1. The van der Waals surface area contributed by atoms with E-state index in [9.17, 15) is 13.2 Å². The third-order valence-electron chi connectivity index (χ3n) is 3.91. The van der Waals surface area contributed by atoms with Gasteiger partial charge in [0, 0.05) is 5.02 Å². The van der Waals surface area contributed by atoms with Gasteiger partial charge < -0.3 is 9.15 Å². The predicted molar refractivity (Wildman–Crippen MR) is 108 cm³/mol. The Bertz CT molecular complexity index is 1040. The number of halogens is 4. The molecule has 1 aromatic carbocycles. The zero-order valence-corrected chi connectivity index (χ0v) is 17.9. The molecule has 2 aromatic heterocycles. The van der Waals surface area contributed by atoms with Crippen LogP contribution in [0.5, 0.6) is 5.75 Å². The third-order valence-corrected chi connectivity index (χ3v) is 5.31. The highest BCUT2D eigenvalue weighted by Crippen LogP contribution is 2.30. The monoisotopic (exact) mass is 458 g/mol. The summed E-state index contributed by atoms with van der Waals surface area (Å²) in [7, 11) is 0. The number of nitrogens with zero attached hydrogens (tertiary/aromatic N) is 4. The van der Waals surface area contributed by atoms with E-state index < -0.39 is 12.0 Å². The Morgan fingerprint density at radius 2 is 1.93 bits per heavy atom. The molecule has 0 aliphatic carbocycles. The molecular formula is C19H18ClF3N4O2S. The summed E-state index contributed by atoms with van der Waals surface area (Å²) < 4.78 is 51.3. The topological polar surface area (TPSA) is 65.4 Å². The molecule has 0 spiro atoms. The van der Waals surface area contributed by atoms with Crippen molar-refractivity contribution in [3.05, 3.63) is 57.8 Å². The van der Waals surface area contributed by atoms with Crippen LogP contribution in [0.4, 0.5) is 13.2 Å². The van der Waals surface area contributed by atoms with Gasteiger partial charge in [-0.05, 0) is 55.0 Å². The molecule has 0 aliphatic rings. The van der Waals surface area contributed by atoms with Gasteiger partial charge in [0.05, 0.1) is 6.21 Å². The SMILES string of the molecule is CCSc1nnc(C(F)(F)F)n1N=Cc1ccc(COc2cc(C)c(Cl)c(C)c2)o1. The van der Waals surface area contributed by atoms with E-state index in [1.807, 2.05) is 26.0 Å². The maximum Gasteiger partial charge on any atom is 0.453 e. The summed E-state index contributed by atoms with van der Waals surface area (Å²) >= 11 is 7.25. The van der Waals surface area contributed by atoms with Gasteiger partial charge in [0.25, 0.3) is 5.82 Å². The summed E-state index contributed by atoms with van der Waals surface area (Å²) in [4.78, 5) is 0. The highest BCUT2D eigenvalue weighted by molar-refractivity contribution is 7.99. The van der Waals surface area contributed by atoms with Crippen LogP contribution >= 0.6 is 23.4 Å². The standard InChI is InChI=1S/C19H18ClF3N4O2S/c1-4-30-18-26-25-17(19(21,22)23)27(18)24-9-13-5-6-14(29-13)10-28-15-7-11(2)16(20)12(3)8-15/h5-9H,4,10H2,1-3H3. The van der Waals surface area contributed by atoms with Crippen LogP contribution in [0, 0.1) is 13.8 Å². The molecule has 0 saturated heterocycles. The van der Waals surface area contributed by atoms with Gasteiger partial charge in [-0.2, -0.15) is 22.9 Å². The van der Waals surface area contributed by atoms with Crippen molar-refractivity contribution in [2.45, 2.75) is 38.7 Å². The number of aromatic nitrogens is 3. The molecule has 3 aromatic rings. The van der Waals surface area contributed by atoms with Gasteiger partial charge in [0.2, 0.25) is 5.16 Å². The number of ether oxygens (including phenoxy) is 1. The fourth-order valence-corrected chi connectivity index (χ4v) is 3.29. The fraction of sp³-hybridized carbons (Fsp3) is 0.316. The third kappa shape index (κ3) is 5.17. The second-order valence-corrected chi connectivity index (χ2v) is 7.87. The van der Waals surface area contributed by atoms with Crippen molar-refractivity contribution in [2.75, 3.05) is 5.75 Å². The van der Waals surface area contributed by atoms with Gasteiger partial charge >= 0.3 is 6.18 Å². The summed E-state index contributed by atoms with van der Waals surface area (Å²) in [5.74, 6) is 0.730. The number of alkyl halides is 3. The molecule has 0 fully saturated rings. The van der Waals surface area contributed by atoms with Crippen LogP contribution < -0.4 is 4.74 Å². The molecule has 160 valence electrons. The normalized spacial score (nSPS) is 12.1. The molecule has 2 heterocycles. The van der Waals surface area contributed by atoms with E-state index in [2.05, 4.69) is 15.3 Å². The van der Waals surface area contributed by atoms with Crippen LogP contribution in [0.2, 0.25) is 5.02 Å². The molecule has 0 radical (unpaired) electrons. The lowest BCUT2D eigenvalue weighted by molar-refractivity contribution is -0.147. The van der Waals surface area contributed by atoms with Crippen LogP contribution in [0.3, 0.4) is 0 Å². The van der Waals surface area contributed by atoms with Gasteiger partial charge in [-0.1, -0.05) is 30.3 Å². The van der Waals surface area contributed by atoms with Crippen molar-refractivity contribution in [1.29, 1.82) is 0 Å². The Kier molecular flexibility index (Phi) is 6.77. The largest absolute Gasteiger partial charge is 0.486 e. The number of aryl methyl sites for hydroxylation is 2. The summed E-state index contributed by atoms with van der Waals surface area (Å²) in [5.41, 5.74) is 1.79. The lowest BCUT2D eigenvalue weighted by Crippen LogP contribution is -2.13. The number of rotatable bonds is 7. The molecule has 3 rings (SSSR count). The minimum atomic E-state index is -4.67. The molecule has 0 aliphatic heterocycles. The quantitative estimate of drug-likeness (QED) is 0.334. The van der Waals surface area contributed by atoms with E-state index in [1.165, 1.54) is 6.21 Å². The average Bonchev–Trinajstić information content (AvgIpc) is 3.29. The molecule has 0 unspecified atom stereocenters. The first kappa shape index (κ1) is 22.2. The minimum absolute atomic E-state index is 0.0460. The van der Waals surface area contributed by atoms with Gasteiger partial charge in [-0.25, -0.2) is 0 Å². The highest BCUT2D eigenvalue weighted by Gasteiger charge is 2.38. The molecule has 0 saturated carbocycles. The van der Waals surface area contributed by atoms with Gasteiger partial charge in [-0.15, -0.1) is 10.2 Å². The van der Waals surface area contributed by atoms with E-state index in [4.69, 9.17) is 20.8 Å². The molecule has 6 nitrogen and oxygen atoms in total. The second-order valence-electron chi connectivity index (χ2n) is 6.26. The van der Waals surface area contributed by atoms with Crippen molar-refractivity contribution in [3.8, 4) is 5.75 Å². The molecule has 11 heteroatoms. The number of thioether (sulfide) groups is 1. The van der Waals surface area contributed by atoms with Crippen LogP contribution in [-0.2, 0) is 12.8 Å². The van der Waals surface area contributed by atoms with Gasteiger partial charge in [-0.3, -0.25) is 0 Å². The second kappa shape index (κ2) is 9.13. The Labute approximate surface area is 180 Å². The van der Waals surface area contributed by atoms with E-state index >= 15 is 0 Å². The number of hydrogen-bond donors (Lipinski definition) is 0. The lowest BCUT2D eigenvalue weighted by Gasteiger charge is -2.08. The van der Waals surface area contributed by atoms with Crippen molar-refractivity contribution in [1.82, 2.24) is 14.9 Å². The summed E-state index contributed by atoms with van der Waals surface area (Å²) in [6, 6.07) is 6.89. The summed E-state index contributed by atoms with van der Waals surface area (Å²) in [6.07, 6.45) is -3.49. The first-order chi connectivity index (χ1) is 14.2. The van der Waals surface area contributed by atoms with E-state index in [-0.39, 0.29) is 17.5 Å². The number of benzene rings is 1. The van der Waals surface area contributed by atoms with E-state index in [0.717, 1.165) is 22.9 Å². The van der Waals surface area contributed by atoms with Gasteiger partial charge in [0.15, 0.2) is 0 Å². The molecule has 0 amide bonds. The maximum absolute atomic E-state index is 13.1. The van der Waals surface area contributed by atoms with E-state index in [1.54, 1.807) is 19.1 Å². The Balaban J connectivity index is 1.73. The van der Waals surface area contributed by atoms with Crippen LogP contribution in [0.25, 0.3) is 0 Å². The Hall–Kier alpha value is -2.46. The maximum atomic E-state index is 13.1. The molecule has 30 heavy (non-hydrogen) atoms. The van der Waals surface area contributed by atoms with Crippen LogP contribution in [0.1, 0.15) is 35.4 Å². The highest BCUT2D eigenvalue weighted by atomic mass is 35.5. The van der Waals surface area contributed by atoms with Crippen molar-refractivity contribution in [3.63, 3.8) is 0 Å². The Morgan fingerprint density at radius 3 is 2.57 bits per heavy atom. The summed E-state index contributed by atoms with van der Waals surface area (Å²) in [6.45, 7) is 5.71. The predicted octanol–water partition coefficient (Wildman–Crippen LogP) is 5.73. The van der Waals surface area contributed by atoms with Crippen LogP contribution in [0.15, 0.2) is 38.9 Å². The van der Waals surface area contributed by atoms with Crippen LogP contribution in [-0.4, -0.2) is 26.8 Å².